The van der Waals surface area contributed by atoms with Crippen LogP contribution in [0.25, 0.3) is 0 Å². The summed E-state index contributed by atoms with van der Waals surface area (Å²) in [4.78, 5) is 0. The van der Waals surface area contributed by atoms with Crippen LogP contribution in [-0.4, -0.2) is 6.61 Å². The molecule has 4 unspecified atom stereocenters. The summed E-state index contributed by atoms with van der Waals surface area (Å²) in [5.74, 6) is 5.76. The fraction of sp³-hybridized carbons (Fsp3) is 0.800. The molecular weight excluding hydrogens is 395 g/mol. The first kappa shape index (κ1) is 24.1. The second-order valence-electron chi connectivity index (χ2n) is 11.4. The van der Waals surface area contributed by atoms with Gasteiger partial charge in [0.25, 0.3) is 0 Å². The molecule has 3 saturated carbocycles. The zero-order valence-electron chi connectivity index (χ0n) is 20.8. The van der Waals surface area contributed by atoms with Crippen LogP contribution in [0.4, 0.5) is 4.39 Å². The van der Waals surface area contributed by atoms with Crippen molar-refractivity contribution in [2.45, 2.75) is 116 Å². The first-order valence-electron chi connectivity index (χ1n) is 14.1. The Balaban J connectivity index is 1.20. The molecule has 180 valence electrons. The zero-order valence-corrected chi connectivity index (χ0v) is 20.8. The maximum absolute atomic E-state index is 14.7. The Kier molecular flexibility index (Phi) is 8.95. The molecule has 4 rings (SSSR count). The minimum atomic E-state index is -0.0579. The van der Waals surface area contributed by atoms with Crippen molar-refractivity contribution in [3.63, 3.8) is 0 Å². The SMILES string of the molecule is CCCCC1CCC(CCC2CCC3CC(c4ccc(OCC)cc4F)CCC3C2)CC1. The van der Waals surface area contributed by atoms with Crippen molar-refractivity contribution >= 4 is 0 Å². The van der Waals surface area contributed by atoms with Gasteiger partial charge in [-0.05, 0) is 86.2 Å². The van der Waals surface area contributed by atoms with Gasteiger partial charge in [-0.25, -0.2) is 4.39 Å². The highest BCUT2D eigenvalue weighted by atomic mass is 19.1. The number of rotatable bonds is 9. The minimum Gasteiger partial charge on any atom is -0.494 e. The molecule has 3 aliphatic carbocycles. The number of hydrogen-bond acceptors (Lipinski definition) is 1. The average Bonchev–Trinajstić information content (AvgIpc) is 2.82. The largest absolute Gasteiger partial charge is 0.494 e. The summed E-state index contributed by atoms with van der Waals surface area (Å²) in [5.41, 5.74) is 0.934. The molecule has 0 aliphatic heterocycles. The van der Waals surface area contributed by atoms with Gasteiger partial charge in [-0.3, -0.25) is 0 Å². The number of ether oxygens (including phenoxy) is 1. The summed E-state index contributed by atoms with van der Waals surface area (Å²) >= 11 is 0. The van der Waals surface area contributed by atoms with Crippen LogP contribution in [-0.2, 0) is 0 Å². The maximum Gasteiger partial charge on any atom is 0.130 e. The molecule has 3 aliphatic rings. The topological polar surface area (TPSA) is 9.23 Å². The van der Waals surface area contributed by atoms with Crippen molar-refractivity contribution in [3.8, 4) is 5.75 Å². The van der Waals surface area contributed by atoms with Crippen LogP contribution in [0.3, 0.4) is 0 Å². The predicted octanol–water partition coefficient (Wildman–Crippen LogP) is 9.30. The minimum absolute atomic E-state index is 0.0579. The molecule has 0 amide bonds. The highest BCUT2D eigenvalue weighted by molar-refractivity contribution is 5.31. The Labute approximate surface area is 196 Å². The summed E-state index contributed by atoms with van der Waals surface area (Å²) in [5, 5.41) is 0. The highest BCUT2D eigenvalue weighted by Crippen LogP contribution is 2.49. The van der Waals surface area contributed by atoms with Crippen LogP contribution in [0.15, 0.2) is 18.2 Å². The van der Waals surface area contributed by atoms with E-state index in [1.807, 2.05) is 19.1 Å². The highest BCUT2D eigenvalue weighted by Gasteiger charge is 2.36. The van der Waals surface area contributed by atoms with Crippen molar-refractivity contribution in [1.82, 2.24) is 0 Å². The molecule has 4 atom stereocenters. The van der Waals surface area contributed by atoms with Gasteiger partial charge in [0.2, 0.25) is 0 Å². The number of benzene rings is 1. The molecule has 0 spiro atoms. The number of unbranched alkanes of at least 4 members (excludes halogenated alkanes) is 1. The van der Waals surface area contributed by atoms with Gasteiger partial charge in [0, 0.05) is 6.07 Å². The molecule has 0 saturated heterocycles. The first-order chi connectivity index (χ1) is 15.7. The van der Waals surface area contributed by atoms with E-state index in [9.17, 15) is 4.39 Å². The van der Waals surface area contributed by atoms with Crippen molar-refractivity contribution in [3.05, 3.63) is 29.6 Å². The van der Waals surface area contributed by atoms with Gasteiger partial charge in [-0.2, -0.15) is 0 Å². The van der Waals surface area contributed by atoms with Crippen molar-refractivity contribution < 1.29 is 9.13 Å². The lowest BCUT2D eigenvalue weighted by atomic mass is 9.63. The Bertz CT molecular complexity index is 692. The van der Waals surface area contributed by atoms with Crippen LogP contribution >= 0.6 is 0 Å². The van der Waals surface area contributed by atoms with E-state index in [0.717, 1.165) is 35.2 Å². The second-order valence-corrected chi connectivity index (χ2v) is 11.4. The smallest absolute Gasteiger partial charge is 0.130 e. The summed E-state index contributed by atoms with van der Waals surface area (Å²) < 4.78 is 20.2. The predicted molar refractivity (Wildman–Crippen MR) is 133 cm³/mol. The summed E-state index contributed by atoms with van der Waals surface area (Å²) in [6, 6.07) is 5.55. The van der Waals surface area contributed by atoms with Gasteiger partial charge in [0.15, 0.2) is 0 Å². The third-order valence-electron chi connectivity index (χ3n) is 9.36. The van der Waals surface area contributed by atoms with E-state index in [1.165, 1.54) is 96.3 Å². The van der Waals surface area contributed by atoms with Gasteiger partial charge >= 0.3 is 0 Å². The Morgan fingerprint density at radius 3 is 2.16 bits per heavy atom. The zero-order chi connectivity index (χ0) is 22.3. The van der Waals surface area contributed by atoms with Gasteiger partial charge in [-0.1, -0.05) is 77.2 Å². The lowest BCUT2D eigenvalue weighted by Gasteiger charge is -2.43. The van der Waals surface area contributed by atoms with Gasteiger partial charge in [0.05, 0.1) is 6.61 Å². The van der Waals surface area contributed by atoms with E-state index in [1.54, 1.807) is 6.07 Å². The molecule has 0 radical (unpaired) electrons. The van der Waals surface area contributed by atoms with E-state index in [2.05, 4.69) is 6.92 Å². The molecule has 0 bridgehead atoms. The third kappa shape index (κ3) is 6.29. The Hall–Kier alpha value is -1.05. The molecule has 0 aromatic heterocycles. The molecule has 2 heteroatoms. The van der Waals surface area contributed by atoms with Crippen LogP contribution < -0.4 is 4.74 Å². The number of halogens is 1. The van der Waals surface area contributed by atoms with E-state index in [-0.39, 0.29) is 5.82 Å². The van der Waals surface area contributed by atoms with Crippen molar-refractivity contribution in [2.24, 2.45) is 29.6 Å². The van der Waals surface area contributed by atoms with E-state index >= 15 is 0 Å². The van der Waals surface area contributed by atoms with Crippen LogP contribution in [0.5, 0.6) is 5.75 Å². The molecule has 1 aromatic carbocycles. The van der Waals surface area contributed by atoms with E-state index < -0.39 is 0 Å². The monoisotopic (exact) mass is 442 g/mol. The molecule has 1 aromatic rings. The fourth-order valence-electron chi connectivity index (χ4n) is 7.40. The standard InChI is InChI=1S/C30H47FO/c1-3-5-6-22-7-9-23(10-8-22)11-12-24-13-14-26-20-27(16-15-25(26)19-24)29-18-17-28(32-4-2)21-30(29)31/h17-18,21-27H,3-16,19-20H2,1-2H3. The first-order valence-corrected chi connectivity index (χ1v) is 14.1. The molecule has 0 N–H and O–H groups in total. The summed E-state index contributed by atoms with van der Waals surface area (Å²) in [6.45, 7) is 4.86. The second kappa shape index (κ2) is 11.9. The van der Waals surface area contributed by atoms with Crippen LogP contribution in [0, 0.1) is 35.4 Å². The summed E-state index contributed by atoms with van der Waals surface area (Å²) in [6.07, 6.45) is 21.2. The van der Waals surface area contributed by atoms with E-state index in [4.69, 9.17) is 4.74 Å². The van der Waals surface area contributed by atoms with Gasteiger partial charge in [0.1, 0.15) is 11.6 Å². The lowest BCUT2D eigenvalue weighted by Crippen LogP contribution is -2.31. The maximum atomic E-state index is 14.7. The molecule has 0 heterocycles. The Morgan fingerprint density at radius 1 is 0.781 bits per heavy atom. The Morgan fingerprint density at radius 2 is 1.44 bits per heavy atom. The number of hydrogen-bond donors (Lipinski definition) is 0. The third-order valence-corrected chi connectivity index (χ3v) is 9.36. The lowest BCUT2D eigenvalue weighted by molar-refractivity contribution is 0.108. The van der Waals surface area contributed by atoms with Crippen molar-refractivity contribution in [2.75, 3.05) is 6.61 Å². The normalized spacial score (nSPS) is 33.0. The fourth-order valence-corrected chi connectivity index (χ4v) is 7.40. The van der Waals surface area contributed by atoms with E-state index in [0.29, 0.717) is 18.3 Å². The summed E-state index contributed by atoms with van der Waals surface area (Å²) in [7, 11) is 0. The van der Waals surface area contributed by atoms with Gasteiger partial charge in [-0.15, -0.1) is 0 Å². The molecule has 3 fully saturated rings. The molecule has 32 heavy (non-hydrogen) atoms. The van der Waals surface area contributed by atoms with Crippen molar-refractivity contribution in [1.29, 1.82) is 0 Å². The van der Waals surface area contributed by atoms with Crippen LogP contribution in [0.1, 0.15) is 122 Å². The number of fused-ring (bicyclic) bond motifs is 1. The van der Waals surface area contributed by atoms with Gasteiger partial charge < -0.3 is 4.74 Å². The quantitative estimate of drug-likeness (QED) is 0.370. The molecule has 1 nitrogen and oxygen atoms in total. The van der Waals surface area contributed by atoms with Crippen LogP contribution in [0.2, 0.25) is 0 Å². The molecular formula is C30H47FO. The average molecular weight is 443 g/mol.